The molecule has 0 aliphatic heterocycles. The number of esters is 1. The van der Waals surface area contributed by atoms with Crippen LogP contribution in [0.5, 0.6) is 11.5 Å². The van der Waals surface area contributed by atoms with E-state index < -0.39 is 17.5 Å². The van der Waals surface area contributed by atoms with E-state index in [1.54, 1.807) is 13.0 Å². The molecule has 32 heavy (non-hydrogen) atoms. The molecule has 0 aromatic heterocycles. The minimum Gasteiger partial charge on any atom is -0.507 e. The van der Waals surface area contributed by atoms with Crippen LogP contribution in [0.1, 0.15) is 62.5 Å². The fourth-order valence-corrected chi connectivity index (χ4v) is 4.42. The Morgan fingerprint density at radius 2 is 1.88 bits per heavy atom. The van der Waals surface area contributed by atoms with Crippen LogP contribution >= 0.6 is 11.6 Å². The van der Waals surface area contributed by atoms with E-state index in [0.717, 1.165) is 5.57 Å². The normalized spacial score (nSPS) is 26.4. The Bertz CT molecular complexity index is 993. The molecular formula is C25H31ClO6. The van der Waals surface area contributed by atoms with Crippen LogP contribution in [0, 0.1) is 24.2 Å². The second-order valence-electron chi connectivity index (χ2n) is 8.83. The molecule has 0 saturated heterocycles. The second-order valence-corrected chi connectivity index (χ2v) is 9.20. The Balaban J connectivity index is 2.31. The lowest BCUT2D eigenvalue weighted by Crippen LogP contribution is -2.48. The Morgan fingerprint density at radius 3 is 2.44 bits per heavy atom. The van der Waals surface area contributed by atoms with Crippen LogP contribution < -0.4 is 0 Å². The highest BCUT2D eigenvalue weighted by Crippen LogP contribution is 2.46. The average molecular weight is 463 g/mol. The fraction of sp³-hybridized carbons (Fsp3) is 0.480. The van der Waals surface area contributed by atoms with Gasteiger partial charge in [0.1, 0.15) is 23.4 Å². The molecule has 7 heteroatoms. The minimum absolute atomic E-state index is 0.0360. The molecular weight excluding hydrogens is 432 g/mol. The number of phenols is 2. The van der Waals surface area contributed by atoms with E-state index in [2.05, 4.69) is 0 Å². The number of ketones is 1. The van der Waals surface area contributed by atoms with Gasteiger partial charge in [-0.1, -0.05) is 56.2 Å². The summed E-state index contributed by atoms with van der Waals surface area (Å²) in [5.41, 5.74) is 0.854. The number of rotatable bonds is 6. The smallest absolute Gasteiger partial charge is 0.302 e. The lowest BCUT2D eigenvalue weighted by molar-refractivity contribution is -0.159. The molecule has 174 valence electrons. The first-order chi connectivity index (χ1) is 14.8. The zero-order valence-corrected chi connectivity index (χ0v) is 20.1. The Hall–Kier alpha value is -2.60. The van der Waals surface area contributed by atoms with Gasteiger partial charge in [0.25, 0.3) is 0 Å². The van der Waals surface area contributed by atoms with Crippen molar-refractivity contribution in [2.45, 2.75) is 60.5 Å². The molecule has 1 saturated carbocycles. The van der Waals surface area contributed by atoms with Gasteiger partial charge in [0, 0.05) is 36.2 Å². The number of carbonyl (C=O) groups excluding carboxylic acids is 3. The zero-order chi connectivity index (χ0) is 24.4. The quantitative estimate of drug-likeness (QED) is 0.346. The third kappa shape index (κ3) is 4.90. The van der Waals surface area contributed by atoms with E-state index in [1.165, 1.54) is 6.92 Å². The van der Waals surface area contributed by atoms with Crippen molar-refractivity contribution in [3.63, 3.8) is 0 Å². The second kappa shape index (κ2) is 9.90. The summed E-state index contributed by atoms with van der Waals surface area (Å²) in [6.07, 6.45) is 6.04. The number of Topliss-reactive ketones (excluding diaryl/α,β-unsaturated/α-hetero) is 1. The van der Waals surface area contributed by atoms with Crippen molar-refractivity contribution in [2.24, 2.45) is 17.3 Å². The third-order valence-corrected chi connectivity index (χ3v) is 7.36. The summed E-state index contributed by atoms with van der Waals surface area (Å²) in [6, 6.07) is 0. The summed E-state index contributed by atoms with van der Waals surface area (Å²) < 4.78 is 5.39. The van der Waals surface area contributed by atoms with E-state index in [0.29, 0.717) is 11.8 Å². The van der Waals surface area contributed by atoms with Crippen molar-refractivity contribution in [3.05, 3.63) is 45.5 Å². The monoisotopic (exact) mass is 462 g/mol. The lowest BCUT2D eigenvalue weighted by Gasteiger charge is -2.45. The Morgan fingerprint density at radius 1 is 1.25 bits per heavy atom. The van der Waals surface area contributed by atoms with E-state index in [-0.39, 0.29) is 58.1 Å². The number of aldehydes is 1. The Labute approximate surface area is 193 Å². The summed E-state index contributed by atoms with van der Waals surface area (Å²) in [6.45, 7) is 10.6. The summed E-state index contributed by atoms with van der Waals surface area (Å²) in [5.74, 6) is -1.21. The molecule has 1 aromatic carbocycles. The van der Waals surface area contributed by atoms with E-state index in [9.17, 15) is 24.6 Å². The summed E-state index contributed by atoms with van der Waals surface area (Å²) in [4.78, 5) is 35.3. The van der Waals surface area contributed by atoms with Crippen LogP contribution in [0.25, 0.3) is 0 Å². The van der Waals surface area contributed by atoms with Crippen molar-refractivity contribution in [3.8, 4) is 11.5 Å². The molecule has 6 nitrogen and oxygen atoms in total. The molecule has 2 rings (SSSR count). The van der Waals surface area contributed by atoms with Crippen LogP contribution in [0.3, 0.4) is 0 Å². The molecule has 0 radical (unpaired) electrons. The maximum absolute atomic E-state index is 12.6. The minimum atomic E-state index is -0.521. The van der Waals surface area contributed by atoms with Gasteiger partial charge in [-0.05, 0) is 25.8 Å². The predicted molar refractivity (Wildman–Crippen MR) is 123 cm³/mol. The molecule has 1 aliphatic carbocycles. The fourth-order valence-electron chi connectivity index (χ4n) is 4.21. The predicted octanol–water partition coefficient (Wildman–Crippen LogP) is 5.10. The summed E-state index contributed by atoms with van der Waals surface area (Å²) >= 11 is 6.11. The molecule has 0 amide bonds. The zero-order valence-electron chi connectivity index (χ0n) is 19.4. The maximum Gasteiger partial charge on any atom is 0.302 e. The highest BCUT2D eigenvalue weighted by Gasteiger charge is 2.48. The molecule has 4 atom stereocenters. The van der Waals surface area contributed by atoms with Gasteiger partial charge in [-0.15, -0.1) is 0 Å². The van der Waals surface area contributed by atoms with Crippen LogP contribution in [-0.2, 0) is 20.7 Å². The Kier molecular flexibility index (Phi) is 7.94. The van der Waals surface area contributed by atoms with Gasteiger partial charge in [-0.25, -0.2) is 0 Å². The van der Waals surface area contributed by atoms with Crippen molar-refractivity contribution in [2.75, 3.05) is 0 Å². The van der Waals surface area contributed by atoms with E-state index in [1.807, 2.05) is 39.8 Å². The summed E-state index contributed by atoms with van der Waals surface area (Å²) in [7, 11) is 0. The average Bonchev–Trinajstić information content (AvgIpc) is 2.73. The first-order valence-corrected chi connectivity index (χ1v) is 11.0. The number of aromatic hydroxyl groups is 2. The topological polar surface area (TPSA) is 101 Å². The van der Waals surface area contributed by atoms with Crippen molar-refractivity contribution in [1.29, 1.82) is 0 Å². The molecule has 1 aliphatic rings. The highest BCUT2D eigenvalue weighted by molar-refractivity contribution is 6.33. The maximum atomic E-state index is 12.6. The molecule has 1 aromatic rings. The van der Waals surface area contributed by atoms with Crippen LogP contribution in [-0.4, -0.2) is 34.4 Å². The van der Waals surface area contributed by atoms with Gasteiger partial charge < -0.3 is 14.9 Å². The number of benzene rings is 1. The van der Waals surface area contributed by atoms with E-state index >= 15 is 0 Å². The van der Waals surface area contributed by atoms with Crippen molar-refractivity contribution >= 4 is 29.6 Å². The number of ether oxygens (including phenoxy) is 1. The van der Waals surface area contributed by atoms with Crippen LogP contribution in [0.4, 0.5) is 0 Å². The van der Waals surface area contributed by atoms with Gasteiger partial charge in [-0.3, -0.25) is 14.4 Å². The molecule has 1 fully saturated rings. The highest BCUT2D eigenvalue weighted by atomic mass is 35.5. The van der Waals surface area contributed by atoms with Gasteiger partial charge in [-0.2, -0.15) is 0 Å². The molecule has 0 bridgehead atoms. The van der Waals surface area contributed by atoms with E-state index in [4.69, 9.17) is 16.3 Å². The first-order valence-electron chi connectivity index (χ1n) is 10.6. The van der Waals surface area contributed by atoms with Gasteiger partial charge >= 0.3 is 5.97 Å². The third-order valence-electron chi connectivity index (χ3n) is 6.89. The lowest BCUT2D eigenvalue weighted by atomic mass is 9.60. The van der Waals surface area contributed by atoms with Gasteiger partial charge in [0.15, 0.2) is 6.29 Å². The number of hydrogen-bond donors (Lipinski definition) is 2. The van der Waals surface area contributed by atoms with Crippen LogP contribution in [0.2, 0.25) is 5.02 Å². The molecule has 2 N–H and O–H groups in total. The standard InChI is InChI=1S/C25H31ClO6/c1-13(7-8-18-23(30)19(12-27)14(2)22(26)24(18)31)9-10-25(6)15(3)20(29)11-21(16(25)4)32-17(5)28/h7,9-10,12,15-16,21,30-31H,8,11H2,1-6H3/b10-9+,13-7+/t15-,16+,21-,25+/m0/s1. The number of carbonyl (C=O) groups is 3. The largest absolute Gasteiger partial charge is 0.507 e. The molecule has 0 heterocycles. The van der Waals surface area contributed by atoms with Gasteiger partial charge in [0.2, 0.25) is 0 Å². The summed E-state index contributed by atoms with van der Waals surface area (Å²) in [5, 5.41) is 20.8. The number of allylic oxidation sites excluding steroid dienone is 4. The van der Waals surface area contributed by atoms with Crippen molar-refractivity contribution in [1.82, 2.24) is 0 Å². The number of phenolic OH excluding ortho intramolecular Hbond substituents is 2. The SMILES string of the molecule is CC(=O)O[C@H]1CC(=O)[C@H](C)[C@@](C)(/C=C/C(C)=C/Cc2c(O)c(Cl)c(C)c(C=O)c2O)[C@@H]1C. The molecule has 0 spiro atoms. The first kappa shape index (κ1) is 25.7. The number of halogens is 1. The van der Waals surface area contributed by atoms with Crippen molar-refractivity contribution < 1.29 is 29.3 Å². The number of hydrogen-bond acceptors (Lipinski definition) is 6. The molecule has 0 unspecified atom stereocenters. The van der Waals surface area contributed by atoms with Gasteiger partial charge in [0.05, 0.1) is 10.6 Å². The van der Waals surface area contributed by atoms with Crippen LogP contribution in [0.15, 0.2) is 23.8 Å².